The molecule has 20 heavy (non-hydrogen) atoms. The molecule has 0 bridgehead atoms. The molecule has 3 N–H and O–H groups in total. The van der Waals surface area contributed by atoms with E-state index in [4.69, 9.17) is 5.73 Å². The third-order valence-corrected chi connectivity index (χ3v) is 3.38. The molecule has 6 nitrogen and oxygen atoms in total. The molecule has 1 atom stereocenters. The number of nitrogens with two attached hydrogens (primary N) is 1. The number of carbonyl (C=O) groups is 1. The van der Waals surface area contributed by atoms with Crippen molar-refractivity contribution in [3.8, 4) is 5.82 Å². The SMILES string of the molecule is CSCC[C@@H](N)C(=O)Nc1cccnc1-n1cccn1. The minimum Gasteiger partial charge on any atom is -0.322 e. The maximum Gasteiger partial charge on any atom is 0.241 e. The molecule has 2 heterocycles. The molecule has 2 rings (SSSR count). The first-order valence-corrected chi connectivity index (χ1v) is 7.62. The molecule has 1 amide bonds. The van der Waals surface area contributed by atoms with Gasteiger partial charge in [-0.2, -0.15) is 16.9 Å². The largest absolute Gasteiger partial charge is 0.322 e. The Morgan fingerprint density at radius 3 is 3.05 bits per heavy atom. The van der Waals surface area contributed by atoms with Gasteiger partial charge in [0, 0.05) is 18.6 Å². The summed E-state index contributed by atoms with van der Waals surface area (Å²) in [6.45, 7) is 0. The smallest absolute Gasteiger partial charge is 0.241 e. The van der Waals surface area contributed by atoms with Crippen molar-refractivity contribution in [3.63, 3.8) is 0 Å². The van der Waals surface area contributed by atoms with Gasteiger partial charge in [-0.15, -0.1) is 0 Å². The van der Waals surface area contributed by atoms with Gasteiger partial charge >= 0.3 is 0 Å². The molecule has 106 valence electrons. The van der Waals surface area contributed by atoms with Gasteiger partial charge in [-0.25, -0.2) is 9.67 Å². The monoisotopic (exact) mass is 291 g/mol. The van der Waals surface area contributed by atoms with Gasteiger partial charge in [-0.1, -0.05) is 0 Å². The Balaban J connectivity index is 2.12. The maximum absolute atomic E-state index is 12.0. The average Bonchev–Trinajstić information content (AvgIpc) is 2.99. The molecular formula is C13H17N5OS. The summed E-state index contributed by atoms with van der Waals surface area (Å²) in [6.07, 6.45) is 7.71. The van der Waals surface area contributed by atoms with E-state index in [2.05, 4.69) is 15.4 Å². The van der Waals surface area contributed by atoms with Gasteiger partial charge in [0.2, 0.25) is 5.91 Å². The van der Waals surface area contributed by atoms with Gasteiger partial charge < -0.3 is 11.1 Å². The topological polar surface area (TPSA) is 85.8 Å². The number of nitrogens with one attached hydrogen (secondary N) is 1. The fourth-order valence-corrected chi connectivity index (χ4v) is 2.16. The molecule has 0 aliphatic carbocycles. The minimum atomic E-state index is -0.520. The molecule has 0 saturated carbocycles. The van der Waals surface area contributed by atoms with Crippen LogP contribution in [0.15, 0.2) is 36.8 Å². The molecular weight excluding hydrogens is 274 g/mol. The summed E-state index contributed by atoms with van der Waals surface area (Å²) in [5.41, 5.74) is 6.45. The fraction of sp³-hybridized carbons (Fsp3) is 0.308. The lowest BCUT2D eigenvalue weighted by molar-refractivity contribution is -0.117. The van der Waals surface area contributed by atoms with Crippen molar-refractivity contribution in [1.29, 1.82) is 0 Å². The first-order valence-electron chi connectivity index (χ1n) is 6.23. The molecule has 7 heteroatoms. The van der Waals surface area contributed by atoms with Crippen LogP contribution in [-0.2, 0) is 4.79 Å². The van der Waals surface area contributed by atoms with Crippen LogP contribution in [0.1, 0.15) is 6.42 Å². The standard InChI is InChI=1S/C13H17N5OS/c1-20-9-5-10(14)13(19)17-11-4-2-6-15-12(11)18-8-3-7-16-18/h2-4,6-8,10H,5,9,14H2,1H3,(H,17,19)/t10-/m1/s1. The summed E-state index contributed by atoms with van der Waals surface area (Å²) in [4.78, 5) is 16.3. The summed E-state index contributed by atoms with van der Waals surface area (Å²) in [7, 11) is 0. The van der Waals surface area contributed by atoms with Gasteiger partial charge in [0.1, 0.15) is 0 Å². The lowest BCUT2D eigenvalue weighted by atomic mass is 10.2. The highest BCUT2D eigenvalue weighted by atomic mass is 32.2. The molecule has 0 aliphatic rings. The normalized spacial score (nSPS) is 12.1. The number of pyridine rings is 1. The molecule has 0 radical (unpaired) electrons. The van der Waals surface area contributed by atoms with Gasteiger partial charge in [0.25, 0.3) is 0 Å². The quantitative estimate of drug-likeness (QED) is 0.837. The van der Waals surface area contributed by atoms with Crippen molar-refractivity contribution in [3.05, 3.63) is 36.8 Å². The second-order valence-electron chi connectivity index (χ2n) is 4.20. The number of thioether (sulfide) groups is 1. The Bertz CT molecular complexity index is 558. The highest BCUT2D eigenvalue weighted by Crippen LogP contribution is 2.16. The summed E-state index contributed by atoms with van der Waals surface area (Å²) >= 11 is 1.67. The van der Waals surface area contributed by atoms with Crippen molar-refractivity contribution >= 4 is 23.4 Å². The third-order valence-electron chi connectivity index (χ3n) is 2.74. The predicted molar refractivity (Wildman–Crippen MR) is 81.0 cm³/mol. The molecule has 0 saturated heterocycles. The minimum absolute atomic E-state index is 0.208. The molecule has 0 fully saturated rings. The van der Waals surface area contributed by atoms with Gasteiger partial charge in [0.15, 0.2) is 5.82 Å². The lowest BCUT2D eigenvalue weighted by Crippen LogP contribution is -2.36. The Morgan fingerprint density at radius 1 is 1.50 bits per heavy atom. The second kappa shape index (κ2) is 7.06. The zero-order valence-electron chi connectivity index (χ0n) is 11.2. The molecule has 2 aromatic rings. The number of hydrogen-bond donors (Lipinski definition) is 2. The average molecular weight is 291 g/mol. The molecule has 0 aliphatic heterocycles. The number of nitrogens with zero attached hydrogens (tertiary/aromatic N) is 3. The van der Waals surface area contributed by atoms with Crippen LogP contribution >= 0.6 is 11.8 Å². The highest BCUT2D eigenvalue weighted by molar-refractivity contribution is 7.98. The van der Waals surface area contributed by atoms with Crippen LogP contribution in [-0.4, -0.2) is 38.7 Å². The first-order chi connectivity index (χ1) is 9.72. The number of anilines is 1. The zero-order valence-corrected chi connectivity index (χ0v) is 12.0. The van der Waals surface area contributed by atoms with Crippen LogP contribution in [0.2, 0.25) is 0 Å². The van der Waals surface area contributed by atoms with E-state index in [1.807, 2.05) is 6.26 Å². The number of aromatic nitrogens is 3. The van der Waals surface area contributed by atoms with E-state index in [1.165, 1.54) is 0 Å². The van der Waals surface area contributed by atoms with Crippen molar-refractivity contribution < 1.29 is 4.79 Å². The molecule has 2 aromatic heterocycles. The number of rotatable bonds is 6. The van der Waals surface area contributed by atoms with E-state index < -0.39 is 6.04 Å². The lowest BCUT2D eigenvalue weighted by Gasteiger charge is -2.13. The van der Waals surface area contributed by atoms with Crippen LogP contribution in [0.25, 0.3) is 5.82 Å². The third kappa shape index (κ3) is 3.58. The van der Waals surface area contributed by atoms with Gasteiger partial charge in [-0.05, 0) is 36.6 Å². The van der Waals surface area contributed by atoms with E-state index in [-0.39, 0.29) is 5.91 Å². The second-order valence-corrected chi connectivity index (χ2v) is 5.19. The summed E-state index contributed by atoms with van der Waals surface area (Å²) in [5, 5.41) is 6.93. The van der Waals surface area contributed by atoms with Crippen LogP contribution in [0.4, 0.5) is 5.69 Å². The van der Waals surface area contributed by atoms with E-state index in [0.29, 0.717) is 17.9 Å². The number of hydrogen-bond acceptors (Lipinski definition) is 5. The van der Waals surface area contributed by atoms with Gasteiger partial charge in [-0.3, -0.25) is 4.79 Å². The van der Waals surface area contributed by atoms with Crippen molar-refractivity contribution in [2.45, 2.75) is 12.5 Å². The van der Waals surface area contributed by atoms with E-state index >= 15 is 0 Å². The predicted octanol–water partition coefficient (Wildman–Crippen LogP) is 1.29. The molecule has 0 spiro atoms. The van der Waals surface area contributed by atoms with Gasteiger partial charge in [0.05, 0.1) is 11.7 Å². The Hall–Kier alpha value is -1.86. The Labute approximate surface area is 121 Å². The fourth-order valence-electron chi connectivity index (χ4n) is 1.67. The van der Waals surface area contributed by atoms with Crippen LogP contribution < -0.4 is 11.1 Å². The van der Waals surface area contributed by atoms with Crippen molar-refractivity contribution in [2.75, 3.05) is 17.3 Å². The first kappa shape index (κ1) is 14.5. The van der Waals surface area contributed by atoms with E-state index in [1.54, 1.807) is 53.2 Å². The number of amides is 1. The Morgan fingerprint density at radius 2 is 2.35 bits per heavy atom. The van der Waals surface area contributed by atoms with E-state index in [9.17, 15) is 4.79 Å². The molecule has 0 aromatic carbocycles. The van der Waals surface area contributed by atoms with Crippen LogP contribution in [0.3, 0.4) is 0 Å². The van der Waals surface area contributed by atoms with Crippen molar-refractivity contribution in [1.82, 2.24) is 14.8 Å². The Kier molecular flexibility index (Phi) is 5.14. The van der Waals surface area contributed by atoms with Crippen molar-refractivity contribution in [2.24, 2.45) is 5.73 Å². The van der Waals surface area contributed by atoms with Crippen LogP contribution in [0.5, 0.6) is 0 Å². The van der Waals surface area contributed by atoms with Crippen LogP contribution in [0, 0.1) is 0 Å². The zero-order chi connectivity index (χ0) is 14.4. The summed E-state index contributed by atoms with van der Waals surface area (Å²) in [5.74, 6) is 1.22. The summed E-state index contributed by atoms with van der Waals surface area (Å²) < 4.78 is 1.60. The highest BCUT2D eigenvalue weighted by Gasteiger charge is 2.15. The molecule has 0 unspecified atom stereocenters. The number of carbonyl (C=O) groups excluding carboxylic acids is 1. The van der Waals surface area contributed by atoms with E-state index in [0.717, 1.165) is 5.75 Å². The summed E-state index contributed by atoms with van der Waals surface area (Å²) in [6, 6.07) is 4.82. The maximum atomic E-state index is 12.0.